The molecule has 1 aliphatic carbocycles. The first kappa shape index (κ1) is 14.5. The third kappa shape index (κ3) is 4.05. The fraction of sp³-hybridized carbons (Fsp3) is 0.533. The number of hydrogen-bond acceptors (Lipinski definition) is 3. The highest BCUT2D eigenvalue weighted by atomic mass is 79.9. The second kappa shape index (κ2) is 6.53. The van der Waals surface area contributed by atoms with Crippen LogP contribution in [-0.2, 0) is 9.53 Å². The number of carbonyl (C=O) groups excluding carboxylic acids is 1. The van der Waals surface area contributed by atoms with Crippen LogP contribution < -0.4 is 5.32 Å². The molecule has 0 unspecified atom stereocenters. The Morgan fingerprint density at radius 2 is 2.05 bits per heavy atom. The first-order valence-electron chi connectivity index (χ1n) is 6.80. The molecular weight excluding hydrogens is 306 g/mol. The quantitative estimate of drug-likeness (QED) is 0.814. The molecule has 1 aliphatic rings. The summed E-state index contributed by atoms with van der Waals surface area (Å²) in [5.74, 6) is 0.325. The normalized spacial score (nSPS) is 17.8. The Labute approximate surface area is 122 Å². The van der Waals surface area contributed by atoms with Crippen LogP contribution in [0.5, 0.6) is 0 Å². The zero-order valence-electron chi connectivity index (χ0n) is 11.4. The van der Waals surface area contributed by atoms with Gasteiger partial charge in [-0.05, 0) is 50.3 Å². The molecule has 104 valence electrons. The van der Waals surface area contributed by atoms with Crippen molar-refractivity contribution in [3.8, 4) is 0 Å². The summed E-state index contributed by atoms with van der Waals surface area (Å²) in [5.41, 5.74) is 1.18. The Hall–Kier alpha value is -0.870. The van der Waals surface area contributed by atoms with Crippen LogP contribution in [0.1, 0.15) is 38.3 Å². The van der Waals surface area contributed by atoms with Crippen molar-refractivity contribution in [3.63, 3.8) is 0 Å². The molecule has 0 spiro atoms. The Bertz CT molecular complexity index is 428. The topological polar surface area (TPSA) is 38.3 Å². The maximum absolute atomic E-state index is 12.0. The monoisotopic (exact) mass is 325 g/mol. The lowest BCUT2D eigenvalue weighted by molar-refractivity contribution is -0.146. The molecule has 3 nitrogen and oxygen atoms in total. The van der Waals surface area contributed by atoms with Crippen molar-refractivity contribution >= 4 is 21.9 Å². The van der Waals surface area contributed by atoms with Gasteiger partial charge in [0.2, 0.25) is 0 Å². The number of rotatable bonds is 6. The molecular formula is C15H20BrNO2. The fourth-order valence-electron chi connectivity index (χ4n) is 2.18. The van der Waals surface area contributed by atoms with Crippen LogP contribution in [0, 0.1) is 5.92 Å². The van der Waals surface area contributed by atoms with Gasteiger partial charge < -0.3 is 4.74 Å². The summed E-state index contributed by atoms with van der Waals surface area (Å²) < 4.78 is 6.21. The van der Waals surface area contributed by atoms with Gasteiger partial charge in [0.15, 0.2) is 0 Å². The predicted octanol–water partition coefficient (Wildman–Crippen LogP) is 3.44. The lowest BCUT2D eigenvalue weighted by Crippen LogP contribution is -2.41. The third-order valence-corrected chi connectivity index (χ3v) is 3.96. The molecule has 1 N–H and O–H groups in total. The van der Waals surface area contributed by atoms with Crippen molar-refractivity contribution in [2.75, 3.05) is 6.61 Å². The molecule has 1 aromatic rings. The highest BCUT2D eigenvalue weighted by Gasteiger charge is 2.37. The number of esters is 1. The van der Waals surface area contributed by atoms with E-state index in [1.54, 1.807) is 0 Å². The van der Waals surface area contributed by atoms with Crippen LogP contribution in [-0.4, -0.2) is 18.6 Å². The summed E-state index contributed by atoms with van der Waals surface area (Å²) >= 11 is 3.43. The van der Waals surface area contributed by atoms with Crippen molar-refractivity contribution < 1.29 is 9.53 Å². The molecule has 0 saturated heterocycles. The van der Waals surface area contributed by atoms with Crippen LogP contribution in [0.15, 0.2) is 28.7 Å². The maximum atomic E-state index is 12.0. The Balaban J connectivity index is 2.00. The van der Waals surface area contributed by atoms with E-state index in [-0.39, 0.29) is 18.1 Å². The Morgan fingerprint density at radius 1 is 1.42 bits per heavy atom. The third-order valence-electron chi connectivity index (χ3n) is 3.43. The second-order valence-corrected chi connectivity index (χ2v) is 5.92. The van der Waals surface area contributed by atoms with Crippen LogP contribution in [0.3, 0.4) is 0 Å². The van der Waals surface area contributed by atoms with E-state index in [0.29, 0.717) is 12.5 Å². The zero-order valence-corrected chi connectivity index (χ0v) is 12.9. The molecule has 2 rings (SSSR count). The Morgan fingerprint density at radius 3 is 2.58 bits per heavy atom. The highest BCUT2D eigenvalue weighted by molar-refractivity contribution is 9.10. The number of hydrogen-bond donors (Lipinski definition) is 1. The van der Waals surface area contributed by atoms with Crippen molar-refractivity contribution in [1.29, 1.82) is 0 Å². The average molecular weight is 326 g/mol. The molecule has 0 aliphatic heterocycles. The minimum absolute atomic E-state index is 0.117. The number of ether oxygens (including phenoxy) is 1. The molecule has 4 heteroatoms. The highest BCUT2D eigenvalue weighted by Crippen LogP contribution is 2.34. The molecule has 0 radical (unpaired) electrons. The smallest absolute Gasteiger partial charge is 0.323 e. The molecule has 2 atom stereocenters. The molecule has 0 heterocycles. The summed E-state index contributed by atoms with van der Waals surface area (Å²) in [6.07, 6.45) is 2.23. The first-order valence-corrected chi connectivity index (χ1v) is 7.59. The van der Waals surface area contributed by atoms with Crippen molar-refractivity contribution in [1.82, 2.24) is 5.32 Å². The van der Waals surface area contributed by atoms with E-state index < -0.39 is 0 Å². The molecule has 19 heavy (non-hydrogen) atoms. The second-order valence-electron chi connectivity index (χ2n) is 5.01. The molecule has 1 aromatic carbocycles. The molecule has 1 saturated carbocycles. The lowest BCUT2D eigenvalue weighted by atomic mass is 10.1. The van der Waals surface area contributed by atoms with Gasteiger partial charge in [0.25, 0.3) is 0 Å². The number of halogens is 1. The zero-order chi connectivity index (χ0) is 13.8. The molecule has 0 amide bonds. The first-order chi connectivity index (χ1) is 9.11. The van der Waals surface area contributed by atoms with E-state index in [0.717, 1.165) is 17.3 Å². The minimum Gasteiger partial charge on any atom is -0.465 e. The maximum Gasteiger partial charge on any atom is 0.323 e. The van der Waals surface area contributed by atoms with E-state index in [1.807, 2.05) is 19.1 Å². The van der Waals surface area contributed by atoms with Gasteiger partial charge in [-0.15, -0.1) is 0 Å². The summed E-state index contributed by atoms with van der Waals surface area (Å²) in [6, 6.07) is 8.14. The van der Waals surface area contributed by atoms with E-state index in [2.05, 4.69) is 40.3 Å². The van der Waals surface area contributed by atoms with E-state index in [1.165, 1.54) is 5.56 Å². The van der Waals surface area contributed by atoms with Crippen molar-refractivity contribution in [2.24, 2.45) is 5.92 Å². The van der Waals surface area contributed by atoms with Crippen LogP contribution in [0.2, 0.25) is 0 Å². The van der Waals surface area contributed by atoms with Gasteiger partial charge in [-0.3, -0.25) is 10.1 Å². The van der Waals surface area contributed by atoms with Gasteiger partial charge in [-0.1, -0.05) is 28.1 Å². The predicted molar refractivity (Wildman–Crippen MR) is 78.8 cm³/mol. The van der Waals surface area contributed by atoms with Gasteiger partial charge in [0, 0.05) is 10.5 Å². The molecule has 0 aromatic heterocycles. The van der Waals surface area contributed by atoms with Crippen LogP contribution >= 0.6 is 15.9 Å². The number of nitrogens with one attached hydrogen (secondary N) is 1. The molecule has 0 bridgehead atoms. The van der Waals surface area contributed by atoms with Crippen LogP contribution in [0.4, 0.5) is 0 Å². The van der Waals surface area contributed by atoms with Crippen molar-refractivity contribution in [3.05, 3.63) is 34.3 Å². The van der Waals surface area contributed by atoms with Gasteiger partial charge in [-0.2, -0.15) is 0 Å². The van der Waals surface area contributed by atoms with Gasteiger partial charge in [0.05, 0.1) is 6.61 Å². The Kier molecular flexibility index (Phi) is 4.99. The summed E-state index contributed by atoms with van der Waals surface area (Å²) in [5, 5.41) is 3.41. The van der Waals surface area contributed by atoms with Gasteiger partial charge >= 0.3 is 5.97 Å². The van der Waals surface area contributed by atoms with E-state index in [9.17, 15) is 4.79 Å². The van der Waals surface area contributed by atoms with Crippen LogP contribution in [0.25, 0.3) is 0 Å². The van der Waals surface area contributed by atoms with Gasteiger partial charge in [0.1, 0.15) is 6.04 Å². The van der Waals surface area contributed by atoms with Gasteiger partial charge in [-0.25, -0.2) is 0 Å². The number of benzene rings is 1. The summed E-state index contributed by atoms with van der Waals surface area (Å²) in [7, 11) is 0. The largest absolute Gasteiger partial charge is 0.465 e. The standard InChI is InChI=1S/C15H20BrNO2/c1-3-19-15(18)14(12-4-5-12)17-10(2)11-6-8-13(16)9-7-11/h6-10,12,14,17H,3-5H2,1-2H3/t10-,14-/m0/s1. The summed E-state index contributed by atoms with van der Waals surface area (Å²) in [4.78, 5) is 12.0. The molecule has 1 fully saturated rings. The van der Waals surface area contributed by atoms with Crippen molar-refractivity contribution in [2.45, 2.75) is 38.8 Å². The average Bonchev–Trinajstić information content (AvgIpc) is 3.21. The lowest BCUT2D eigenvalue weighted by Gasteiger charge is -2.22. The van der Waals surface area contributed by atoms with E-state index in [4.69, 9.17) is 4.74 Å². The van der Waals surface area contributed by atoms with E-state index >= 15 is 0 Å². The minimum atomic E-state index is -0.168. The summed E-state index contributed by atoms with van der Waals surface area (Å²) in [6.45, 7) is 4.37. The fourth-order valence-corrected chi connectivity index (χ4v) is 2.44. The SMILES string of the molecule is CCOC(=O)[C@@H](N[C@@H](C)c1ccc(Br)cc1)C1CC1. The number of carbonyl (C=O) groups is 1.